The lowest BCUT2D eigenvalue weighted by molar-refractivity contribution is -0.738. The summed E-state index contributed by atoms with van der Waals surface area (Å²) in [5.41, 5.74) is 5.62. The summed E-state index contributed by atoms with van der Waals surface area (Å²) in [7, 11) is 0. The third-order valence-electron chi connectivity index (χ3n) is 4.86. The Labute approximate surface area is 155 Å². The van der Waals surface area contributed by atoms with Crippen LogP contribution in [0.1, 0.15) is 29.7 Å². The van der Waals surface area contributed by atoms with Crippen LogP contribution in [0.15, 0.2) is 24.5 Å². The molecule has 1 aromatic rings. The Morgan fingerprint density at radius 3 is 2.48 bits per heavy atom. The van der Waals surface area contributed by atoms with Gasteiger partial charge in [0.05, 0.1) is 6.61 Å². The summed E-state index contributed by atoms with van der Waals surface area (Å²) >= 11 is 0. The lowest BCUT2D eigenvalue weighted by Crippen LogP contribution is -2.54. The summed E-state index contributed by atoms with van der Waals surface area (Å²) in [6.45, 7) is 1.19. The van der Waals surface area contributed by atoms with Crippen LogP contribution in [-0.4, -0.2) is 74.5 Å². The summed E-state index contributed by atoms with van der Waals surface area (Å²) < 4.78 is 7.11. The van der Waals surface area contributed by atoms with Crippen molar-refractivity contribution in [3.05, 3.63) is 30.1 Å². The molecule has 2 heterocycles. The van der Waals surface area contributed by atoms with E-state index in [4.69, 9.17) is 15.6 Å². The molecule has 1 saturated heterocycles. The fourth-order valence-electron chi connectivity index (χ4n) is 3.44. The minimum Gasteiger partial charge on any atom is -0.480 e. The zero-order valence-corrected chi connectivity index (χ0v) is 14.8. The van der Waals surface area contributed by atoms with Gasteiger partial charge >= 0.3 is 11.9 Å². The van der Waals surface area contributed by atoms with Gasteiger partial charge in [0.25, 0.3) is 0 Å². The summed E-state index contributed by atoms with van der Waals surface area (Å²) in [5, 5.41) is 48.1. The number of aliphatic hydroxyl groups excluding tert-OH is 3. The Morgan fingerprint density at radius 2 is 1.96 bits per heavy atom. The van der Waals surface area contributed by atoms with Crippen molar-refractivity contribution in [1.82, 2.24) is 0 Å². The van der Waals surface area contributed by atoms with E-state index in [1.54, 1.807) is 13.1 Å². The van der Waals surface area contributed by atoms with Crippen LogP contribution < -0.4 is 10.3 Å². The SMILES string of the molecule is CC(CC(N)C(=O)O)C([C@H]1O[C@H](CO)[C@@H](O)[C@H]1O)[n+]1cccc(C(=O)O)c1. The molecule has 0 radical (unpaired) electrons. The Hall–Kier alpha value is -2.11. The van der Waals surface area contributed by atoms with Gasteiger partial charge in [-0.25, -0.2) is 4.79 Å². The molecule has 0 amide bonds. The topological polar surface area (TPSA) is 174 Å². The number of aromatic nitrogens is 1. The maximum atomic E-state index is 11.3. The molecule has 1 fully saturated rings. The maximum Gasteiger partial charge on any atom is 0.341 e. The van der Waals surface area contributed by atoms with E-state index in [1.807, 2.05) is 0 Å². The van der Waals surface area contributed by atoms with Crippen LogP contribution in [0.4, 0.5) is 0 Å². The largest absolute Gasteiger partial charge is 0.480 e. The van der Waals surface area contributed by atoms with E-state index in [-0.39, 0.29) is 12.0 Å². The molecule has 0 bridgehead atoms. The number of hydrogen-bond acceptors (Lipinski definition) is 7. The van der Waals surface area contributed by atoms with Gasteiger partial charge in [0.2, 0.25) is 0 Å². The molecular weight excluding hydrogens is 360 g/mol. The number of pyridine rings is 1. The maximum absolute atomic E-state index is 11.3. The smallest absolute Gasteiger partial charge is 0.341 e. The third kappa shape index (κ3) is 4.60. The molecule has 3 unspecified atom stereocenters. The molecule has 1 aliphatic rings. The molecule has 10 nitrogen and oxygen atoms in total. The van der Waals surface area contributed by atoms with Crippen LogP contribution in [0, 0.1) is 5.92 Å². The molecular formula is C17H25N2O8+. The first kappa shape index (κ1) is 21.2. The van der Waals surface area contributed by atoms with Gasteiger partial charge in [-0.1, -0.05) is 6.92 Å². The van der Waals surface area contributed by atoms with Crippen LogP contribution in [0.25, 0.3) is 0 Å². The monoisotopic (exact) mass is 385 g/mol. The van der Waals surface area contributed by atoms with E-state index in [0.29, 0.717) is 0 Å². The Bertz CT molecular complexity index is 685. The first-order valence-electron chi connectivity index (χ1n) is 8.52. The number of carboxylic acids is 2. The van der Waals surface area contributed by atoms with Crippen molar-refractivity contribution >= 4 is 11.9 Å². The van der Waals surface area contributed by atoms with Crippen LogP contribution in [-0.2, 0) is 9.53 Å². The van der Waals surface area contributed by atoms with Crippen molar-refractivity contribution in [2.75, 3.05) is 6.61 Å². The number of carboxylic acid groups (broad SMARTS) is 2. The van der Waals surface area contributed by atoms with E-state index in [0.717, 1.165) is 0 Å². The Morgan fingerprint density at radius 1 is 1.30 bits per heavy atom. The van der Waals surface area contributed by atoms with E-state index in [9.17, 15) is 30.0 Å². The van der Waals surface area contributed by atoms with Crippen molar-refractivity contribution in [3.8, 4) is 0 Å². The summed E-state index contributed by atoms with van der Waals surface area (Å²) in [5.74, 6) is -2.81. The Balaban J connectivity index is 2.41. The van der Waals surface area contributed by atoms with Crippen molar-refractivity contribution in [1.29, 1.82) is 0 Å². The minimum absolute atomic E-state index is 0.0102. The Kier molecular flexibility index (Phi) is 6.84. The average Bonchev–Trinajstić information content (AvgIpc) is 2.90. The van der Waals surface area contributed by atoms with Crippen molar-refractivity contribution in [2.45, 2.75) is 49.8 Å². The second-order valence-corrected chi connectivity index (χ2v) is 6.80. The van der Waals surface area contributed by atoms with Crippen molar-refractivity contribution in [3.63, 3.8) is 0 Å². The van der Waals surface area contributed by atoms with Crippen LogP contribution in [0.5, 0.6) is 0 Å². The van der Waals surface area contributed by atoms with Gasteiger partial charge in [-0.05, 0) is 12.5 Å². The van der Waals surface area contributed by atoms with E-state index < -0.39 is 61.0 Å². The fourth-order valence-corrected chi connectivity index (χ4v) is 3.44. The predicted octanol–water partition coefficient (Wildman–Crippen LogP) is -1.87. The molecule has 0 spiro atoms. The molecule has 0 aliphatic carbocycles. The average molecular weight is 385 g/mol. The lowest BCUT2D eigenvalue weighted by Gasteiger charge is -2.27. The fraction of sp³-hybridized carbons (Fsp3) is 0.588. The number of ether oxygens (including phenoxy) is 1. The second kappa shape index (κ2) is 8.72. The second-order valence-electron chi connectivity index (χ2n) is 6.80. The number of nitrogens with zero attached hydrogens (tertiary/aromatic N) is 1. The molecule has 1 aromatic heterocycles. The highest BCUT2D eigenvalue weighted by Crippen LogP contribution is 2.32. The number of aliphatic carboxylic acids is 1. The normalized spacial score (nSPS) is 28.5. The van der Waals surface area contributed by atoms with Gasteiger partial charge in [0.1, 0.15) is 36.0 Å². The van der Waals surface area contributed by atoms with E-state index in [1.165, 1.54) is 22.9 Å². The van der Waals surface area contributed by atoms with Crippen LogP contribution in [0.3, 0.4) is 0 Å². The molecule has 0 saturated carbocycles. The molecule has 7 N–H and O–H groups in total. The van der Waals surface area contributed by atoms with Crippen molar-refractivity contribution in [2.24, 2.45) is 11.7 Å². The number of rotatable bonds is 8. The van der Waals surface area contributed by atoms with Gasteiger partial charge in [0, 0.05) is 12.0 Å². The van der Waals surface area contributed by atoms with E-state index in [2.05, 4.69) is 0 Å². The highest BCUT2D eigenvalue weighted by Gasteiger charge is 2.51. The molecule has 7 atom stereocenters. The van der Waals surface area contributed by atoms with Crippen LogP contribution in [0.2, 0.25) is 0 Å². The summed E-state index contributed by atoms with van der Waals surface area (Å²) in [6, 6.07) is 1.00. The molecule has 1 aliphatic heterocycles. The standard InChI is InChI=1S/C17H24N2O8/c1-8(5-10(18)17(25)26)12(15-14(22)13(21)11(7-20)27-15)19-4-2-3-9(6-19)16(23)24/h2-4,6,8,10-15,20-22H,5,7,18H2,1H3,(H-,23,24,25,26)/p+1/t8?,10?,11-,12?,13-,14-,15-/m1/s1. The summed E-state index contributed by atoms with van der Waals surface area (Å²) in [4.78, 5) is 22.4. The highest BCUT2D eigenvalue weighted by molar-refractivity contribution is 5.86. The molecule has 2 rings (SSSR count). The zero-order valence-electron chi connectivity index (χ0n) is 14.8. The predicted molar refractivity (Wildman–Crippen MR) is 89.8 cm³/mol. The van der Waals surface area contributed by atoms with E-state index >= 15 is 0 Å². The highest BCUT2D eigenvalue weighted by atomic mass is 16.6. The van der Waals surface area contributed by atoms with Gasteiger partial charge in [-0.15, -0.1) is 0 Å². The first-order valence-corrected chi connectivity index (χ1v) is 8.52. The first-order chi connectivity index (χ1) is 12.7. The minimum atomic E-state index is -1.35. The lowest BCUT2D eigenvalue weighted by atomic mass is 9.87. The summed E-state index contributed by atoms with van der Waals surface area (Å²) in [6.07, 6.45) is -1.75. The zero-order chi connectivity index (χ0) is 20.3. The van der Waals surface area contributed by atoms with Gasteiger partial charge in [-0.3, -0.25) is 4.79 Å². The number of nitrogens with two attached hydrogens (primary N) is 1. The molecule has 0 aromatic carbocycles. The quantitative estimate of drug-likeness (QED) is 0.280. The molecule has 10 heteroatoms. The van der Waals surface area contributed by atoms with Gasteiger partial charge < -0.3 is 36.0 Å². The number of hydrogen-bond donors (Lipinski definition) is 6. The van der Waals surface area contributed by atoms with Crippen LogP contribution >= 0.6 is 0 Å². The molecule has 150 valence electrons. The number of aliphatic hydroxyl groups is 3. The number of carbonyl (C=O) groups is 2. The molecule has 27 heavy (non-hydrogen) atoms. The van der Waals surface area contributed by atoms with Gasteiger partial charge in [-0.2, -0.15) is 4.57 Å². The number of aromatic carboxylic acids is 1. The van der Waals surface area contributed by atoms with Crippen molar-refractivity contribution < 1.29 is 44.4 Å². The third-order valence-corrected chi connectivity index (χ3v) is 4.86. The van der Waals surface area contributed by atoms with Gasteiger partial charge in [0.15, 0.2) is 18.4 Å².